The number of hydrogen-bond acceptors (Lipinski definition) is 1. The van der Waals surface area contributed by atoms with Crippen LogP contribution in [0.4, 0.5) is 0 Å². The van der Waals surface area contributed by atoms with E-state index in [4.69, 9.17) is 23.2 Å². The second kappa shape index (κ2) is 5.69. The van der Waals surface area contributed by atoms with Crippen LogP contribution in [0.5, 0.6) is 0 Å². The van der Waals surface area contributed by atoms with Crippen molar-refractivity contribution in [1.82, 2.24) is 5.32 Å². The van der Waals surface area contributed by atoms with Gasteiger partial charge in [-0.25, -0.2) is 0 Å². The first kappa shape index (κ1) is 14.4. The highest BCUT2D eigenvalue weighted by molar-refractivity contribution is 9.10. The van der Waals surface area contributed by atoms with Crippen LogP contribution >= 0.6 is 39.1 Å². The largest absolute Gasteiger partial charge is 0.315 e. The molecule has 0 spiro atoms. The molecule has 1 saturated heterocycles. The van der Waals surface area contributed by atoms with E-state index in [0.29, 0.717) is 0 Å². The summed E-state index contributed by atoms with van der Waals surface area (Å²) < 4.78 is 1.01. The first-order valence-corrected chi connectivity index (χ1v) is 8.05. The minimum Gasteiger partial charge on any atom is -0.315 e. The van der Waals surface area contributed by atoms with Crippen LogP contribution in [-0.4, -0.2) is 13.1 Å². The average molecular weight is 371 g/mol. The van der Waals surface area contributed by atoms with Crippen molar-refractivity contribution in [3.63, 3.8) is 0 Å². The van der Waals surface area contributed by atoms with Gasteiger partial charge in [-0.1, -0.05) is 57.3 Å². The van der Waals surface area contributed by atoms with E-state index in [9.17, 15) is 0 Å². The molecule has 0 unspecified atom stereocenters. The molecule has 0 atom stereocenters. The van der Waals surface area contributed by atoms with Gasteiger partial charge in [0.2, 0.25) is 0 Å². The molecule has 0 aliphatic carbocycles. The molecule has 4 heteroatoms. The van der Waals surface area contributed by atoms with Gasteiger partial charge in [0, 0.05) is 33.0 Å². The standard InChI is InChI=1S/C16H14BrCl2N/c17-13-5-4-11(15(19)7-13)8-16(9-20-10-16)12-2-1-3-14(18)6-12/h1-7,20H,8-10H2. The number of halogens is 3. The molecular weight excluding hydrogens is 357 g/mol. The normalized spacial score (nSPS) is 16.8. The Morgan fingerprint density at radius 3 is 2.50 bits per heavy atom. The van der Waals surface area contributed by atoms with Gasteiger partial charge in [0.05, 0.1) is 0 Å². The third-order valence-corrected chi connectivity index (χ3v) is 4.99. The number of hydrogen-bond donors (Lipinski definition) is 1. The van der Waals surface area contributed by atoms with Crippen LogP contribution < -0.4 is 5.32 Å². The molecule has 2 aromatic carbocycles. The quantitative estimate of drug-likeness (QED) is 0.815. The van der Waals surface area contributed by atoms with E-state index >= 15 is 0 Å². The van der Waals surface area contributed by atoms with Crippen molar-refractivity contribution in [3.8, 4) is 0 Å². The summed E-state index contributed by atoms with van der Waals surface area (Å²) in [6.07, 6.45) is 0.923. The Morgan fingerprint density at radius 2 is 1.90 bits per heavy atom. The molecule has 20 heavy (non-hydrogen) atoms. The predicted octanol–water partition coefficient (Wildman–Crippen LogP) is 4.84. The van der Waals surface area contributed by atoms with Crippen molar-refractivity contribution in [2.75, 3.05) is 13.1 Å². The highest BCUT2D eigenvalue weighted by atomic mass is 79.9. The second-order valence-electron chi connectivity index (χ2n) is 5.31. The lowest BCUT2D eigenvalue weighted by Gasteiger charge is -2.43. The topological polar surface area (TPSA) is 12.0 Å². The van der Waals surface area contributed by atoms with Crippen LogP contribution in [0.25, 0.3) is 0 Å². The van der Waals surface area contributed by atoms with Gasteiger partial charge in [-0.05, 0) is 41.8 Å². The Kier molecular flexibility index (Phi) is 4.09. The van der Waals surface area contributed by atoms with Crippen LogP contribution in [-0.2, 0) is 11.8 Å². The van der Waals surface area contributed by atoms with Gasteiger partial charge in [0.25, 0.3) is 0 Å². The zero-order valence-electron chi connectivity index (χ0n) is 10.8. The van der Waals surface area contributed by atoms with E-state index in [1.807, 2.05) is 24.3 Å². The van der Waals surface area contributed by atoms with Crippen molar-refractivity contribution in [1.29, 1.82) is 0 Å². The fourth-order valence-electron chi connectivity index (χ4n) is 2.71. The SMILES string of the molecule is Clc1cccc(C2(Cc3ccc(Br)cc3Cl)CNC2)c1. The summed E-state index contributed by atoms with van der Waals surface area (Å²) in [6.45, 7) is 1.92. The molecule has 1 aliphatic heterocycles. The lowest BCUT2D eigenvalue weighted by Crippen LogP contribution is -2.58. The van der Waals surface area contributed by atoms with E-state index < -0.39 is 0 Å². The summed E-state index contributed by atoms with van der Waals surface area (Å²) in [7, 11) is 0. The monoisotopic (exact) mass is 369 g/mol. The maximum Gasteiger partial charge on any atom is 0.0449 e. The highest BCUT2D eigenvalue weighted by Gasteiger charge is 2.39. The number of benzene rings is 2. The molecule has 0 bridgehead atoms. The Hall–Kier alpha value is -0.540. The van der Waals surface area contributed by atoms with Crippen molar-refractivity contribution >= 4 is 39.1 Å². The molecule has 104 valence electrons. The van der Waals surface area contributed by atoms with Crippen molar-refractivity contribution in [3.05, 3.63) is 68.1 Å². The molecule has 2 aromatic rings. The highest BCUT2D eigenvalue weighted by Crippen LogP contribution is 2.36. The molecule has 1 fully saturated rings. The molecule has 0 amide bonds. The zero-order valence-corrected chi connectivity index (χ0v) is 13.9. The predicted molar refractivity (Wildman–Crippen MR) is 88.9 cm³/mol. The van der Waals surface area contributed by atoms with Gasteiger partial charge in [-0.2, -0.15) is 0 Å². The first-order chi connectivity index (χ1) is 9.59. The van der Waals surface area contributed by atoms with Crippen LogP contribution in [0.2, 0.25) is 10.0 Å². The zero-order chi connectivity index (χ0) is 14.2. The lowest BCUT2D eigenvalue weighted by atomic mass is 9.71. The Bertz CT molecular complexity index is 638. The summed E-state index contributed by atoms with van der Waals surface area (Å²) >= 11 is 15.9. The Balaban J connectivity index is 1.94. The van der Waals surface area contributed by atoms with Crippen molar-refractivity contribution < 1.29 is 0 Å². The number of rotatable bonds is 3. The molecule has 0 radical (unpaired) electrons. The Morgan fingerprint density at radius 1 is 1.10 bits per heavy atom. The summed E-state index contributed by atoms with van der Waals surface area (Å²) in [5.74, 6) is 0. The fourth-order valence-corrected chi connectivity index (χ4v) is 3.64. The molecular formula is C16H14BrCl2N. The van der Waals surface area contributed by atoms with Crippen LogP contribution in [0, 0.1) is 0 Å². The first-order valence-electron chi connectivity index (χ1n) is 6.50. The molecule has 3 rings (SSSR count). The van der Waals surface area contributed by atoms with Gasteiger partial charge in [-0.15, -0.1) is 0 Å². The van der Waals surface area contributed by atoms with Crippen molar-refractivity contribution in [2.45, 2.75) is 11.8 Å². The van der Waals surface area contributed by atoms with E-state index in [-0.39, 0.29) is 5.41 Å². The van der Waals surface area contributed by atoms with E-state index in [2.05, 4.69) is 39.4 Å². The fraction of sp³-hybridized carbons (Fsp3) is 0.250. The Labute approximate surface area is 137 Å². The summed E-state index contributed by atoms with van der Waals surface area (Å²) in [6, 6.07) is 14.2. The molecule has 1 nitrogen and oxygen atoms in total. The van der Waals surface area contributed by atoms with Crippen LogP contribution in [0.15, 0.2) is 46.9 Å². The van der Waals surface area contributed by atoms with E-state index in [1.54, 1.807) is 0 Å². The van der Waals surface area contributed by atoms with Crippen LogP contribution in [0.3, 0.4) is 0 Å². The molecule has 1 aliphatic rings. The number of nitrogens with one attached hydrogen (secondary N) is 1. The molecule has 0 aromatic heterocycles. The van der Waals surface area contributed by atoms with Gasteiger partial charge >= 0.3 is 0 Å². The third-order valence-electron chi connectivity index (χ3n) is 3.91. The van der Waals surface area contributed by atoms with Crippen LogP contribution in [0.1, 0.15) is 11.1 Å². The molecule has 1 heterocycles. The van der Waals surface area contributed by atoms with Crippen molar-refractivity contribution in [2.24, 2.45) is 0 Å². The summed E-state index contributed by atoms with van der Waals surface area (Å²) in [5.41, 5.74) is 2.56. The minimum atomic E-state index is 0.0996. The average Bonchev–Trinajstić information content (AvgIpc) is 2.36. The van der Waals surface area contributed by atoms with Gasteiger partial charge in [-0.3, -0.25) is 0 Å². The molecule has 0 saturated carbocycles. The smallest absolute Gasteiger partial charge is 0.0449 e. The summed E-state index contributed by atoms with van der Waals surface area (Å²) in [5, 5.41) is 4.98. The van der Waals surface area contributed by atoms with E-state index in [0.717, 1.165) is 34.0 Å². The van der Waals surface area contributed by atoms with Gasteiger partial charge < -0.3 is 5.32 Å². The lowest BCUT2D eigenvalue weighted by molar-refractivity contribution is 0.275. The van der Waals surface area contributed by atoms with Gasteiger partial charge in [0.15, 0.2) is 0 Å². The van der Waals surface area contributed by atoms with Gasteiger partial charge in [0.1, 0.15) is 0 Å². The second-order valence-corrected chi connectivity index (χ2v) is 7.07. The van der Waals surface area contributed by atoms with E-state index in [1.165, 1.54) is 11.1 Å². The maximum atomic E-state index is 6.36. The minimum absolute atomic E-state index is 0.0996. The maximum absolute atomic E-state index is 6.36. The third kappa shape index (κ3) is 2.75. The molecule has 1 N–H and O–H groups in total. The summed E-state index contributed by atoms with van der Waals surface area (Å²) in [4.78, 5) is 0.